The van der Waals surface area contributed by atoms with Gasteiger partial charge in [-0.15, -0.1) is 11.8 Å². The summed E-state index contributed by atoms with van der Waals surface area (Å²) in [5, 5.41) is 9.41. The van der Waals surface area contributed by atoms with Gasteiger partial charge in [-0.25, -0.2) is 0 Å². The normalized spacial score (nSPS) is 11.0. The first-order chi connectivity index (χ1) is 19.3. The lowest BCUT2D eigenvalue weighted by Crippen LogP contribution is -2.30. The van der Waals surface area contributed by atoms with E-state index in [9.17, 15) is 14.4 Å². The molecule has 3 N–H and O–H groups in total. The molecule has 0 aromatic heterocycles. The number of amides is 3. The summed E-state index contributed by atoms with van der Waals surface area (Å²) < 4.78 is 0. The van der Waals surface area contributed by atoms with E-state index >= 15 is 0 Å². The van der Waals surface area contributed by atoms with Crippen LogP contribution in [0.3, 0.4) is 0 Å². The zero-order valence-electron chi connectivity index (χ0n) is 21.4. The van der Waals surface area contributed by atoms with Crippen LogP contribution >= 0.6 is 35.0 Å². The molecule has 40 heavy (non-hydrogen) atoms. The summed E-state index contributed by atoms with van der Waals surface area (Å²) in [6, 6.07) is 28.1. The minimum atomic E-state index is -0.527. The number of carbonyl (C=O) groups is 3. The third-order valence-corrected chi connectivity index (χ3v) is 7.48. The van der Waals surface area contributed by atoms with Crippen LogP contribution in [0.1, 0.15) is 21.5 Å². The molecule has 4 aromatic carbocycles. The minimum absolute atomic E-state index is 0.0243. The fourth-order valence-corrected chi connectivity index (χ4v) is 4.75. The highest BCUT2D eigenvalue weighted by atomic mass is 35.5. The standard InChI is InChI=1S/C31H25Cl2N3O3S/c1-20-25(32)15-8-16-27(20)35-29(37)19-40-24-13-7-12-23(18-24)34-31(39)28(17-22-11-5-6-14-26(22)33)36-30(38)21-9-3-2-4-10-21/h2-18H,19H2,1H3,(H,34,39)(H,35,37)(H,36,38)/b28-17+. The fourth-order valence-electron chi connectivity index (χ4n) is 3.63. The second-order valence-corrected chi connectivity index (χ2v) is 10.5. The molecule has 202 valence electrons. The molecule has 9 heteroatoms. The van der Waals surface area contributed by atoms with E-state index in [4.69, 9.17) is 23.2 Å². The highest BCUT2D eigenvalue weighted by molar-refractivity contribution is 8.00. The maximum absolute atomic E-state index is 13.3. The number of anilines is 2. The number of halogens is 2. The van der Waals surface area contributed by atoms with Crippen molar-refractivity contribution in [1.82, 2.24) is 5.32 Å². The number of thioether (sulfide) groups is 1. The molecule has 0 heterocycles. The Balaban J connectivity index is 1.46. The number of hydrogen-bond acceptors (Lipinski definition) is 4. The first-order valence-electron chi connectivity index (χ1n) is 12.2. The predicted molar refractivity (Wildman–Crippen MR) is 164 cm³/mol. The van der Waals surface area contributed by atoms with Gasteiger partial charge in [0.15, 0.2) is 0 Å². The molecule has 6 nitrogen and oxygen atoms in total. The average molecular weight is 591 g/mol. The van der Waals surface area contributed by atoms with Gasteiger partial charge >= 0.3 is 0 Å². The van der Waals surface area contributed by atoms with Crippen LogP contribution in [0.15, 0.2) is 108 Å². The largest absolute Gasteiger partial charge is 0.325 e. The molecule has 0 fully saturated rings. The SMILES string of the molecule is Cc1c(Cl)cccc1NC(=O)CSc1cccc(NC(=O)/C(=C\c2ccccc2Cl)NC(=O)c2ccccc2)c1. The Morgan fingerprint density at radius 3 is 2.27 bits per heavy atom. The summed E-state index contributed by atoms with van der Waals surface area (Å²) in [5.41, 5.74) is 2.97. The Bertz CT molecular complexity index is 1580. The molecule has 0 saturated heterocycles. The molecule has 0 aliphatic heterocycles. The van der Waals surface area contributed by atoms with E-state index in [1.165, 1.54) is 17.8 Å². The van der Waals surface area contributed by atoms with Crippen LogP contribution in [0.25, 0.3) is 6.08 Å². The summed E-state index contributed by atoms with van der Waals surface area (Å²) in [4.78, 5) is 39.5. The Hall–Kier alpha value is -4.04. The first kappa shape index (κ1) is 29.0. The van der Waals surface area contributed by atoms with Gasteiger partial charge in [-0.3, -0.25) is 14.4 Å². The lowest BCUT2D eigenvalue weighted by Gasteiger charge is -2.13. The monoisotopic (exact) mass is 589 g/mol. The lowest BCUT2D eigenvalue weighted by molar-refractivity contribution is -0.114. The van der Waals surface area contributed by atoms with Crippen LogP contribution in [-0.4, -0.2) is 23.5 Å². The molecule has 3 amide bonds. The van der Waals surface area contributed by atoms with Crippen LogP contribution < -0.4 is 16.0 Å². The van der Waals surface area contributed by atoms with Crippen molar-refractivity contribution < 1.29 is 14.4 Å². The summed E-state index contributed by atoms with van der Waals surface area (Å²) in [6.07, 6.45) is 1.53. The summed E-state index contributed by atoms with van der Waals surface area (Å²) in [7, 11) is 0. The molecule has 0 aliphatic carbocycles. The van der Waals surface area contributed by atoms with Crippen molar-refractivity contribution in [1.29, 1.82) is 0 Å². The highest BCUT2D eigenvalue weighted by Crippen LogP contribution is 2.25. The van der Waals surface area contributed by atoms with Crippen molar-refractivity contribution >= 4 is 70.1 Å². The van der Waals surface area contributed by atoms with Gasteiger partial charge in [-0.1, -0.05) is 71.7 Å². The van der Waals surface area contributed by atoms with E-state index < -0.39 is 11.8 Å². The zero-order chi connectivity index (χ0) is 28.5. The summed E-state index contributed by atoms with van der Waals surface area (Å²) in [5.74, 6) is -0.980. The molecule has 0 saturated carbocycles. The maximum atomic E-state index is 13.3. The maximum Gasteiger partial charge on any atom is 0.272 e. The van der Waals surface area contributed by atoms with E-state index in [-0.39, 0.29) is 17.4 Å². The van der Waals surface area contributed by atoms with Crippen molar-refractivity contribution in [2.24, 2.45) is 0 Å². The van der Waals surface area contributed by atoms with Crippen molar-refractivity contribution in [3.8, 4) is 0 Å². The Morgan fingerprint density at radius 1 is 0.800 bits per heavy atom. The van der Waals surface area contributed by atoms with Crippen LogP contribution in [0.4, 0.5) is 11.4 Å². The number of benzene rings is 4. The molecular weight excluding hydrogens is 565 g/mol. The number of nitrogens with one attached hydrogen (secondary N) is 3. The van der Waals surface area contributed by atoms with Gasteiger partial charge < -0.3 is 16.0 Å². The zero-order valence-corrected chi connectivity index (χ0v) is 23.7. The van der Waals surface area contributed by atoms with Crippen LogP contribution in [0, 0.1) is 6.92 Å². The predicted octanol–water partition coefficient (Wildman–Crippen LogP) is 7.44. The molecule has 4 aromatic rings. The quantitative estimate of drug-likeness (QED) is 0.140. The van der Waals surface area contributed by atoms with Gasteiger partial charge in [0.05, 0.1) is 5.75 Å². The van der Waals surface area contributed by atoms with E-state index in [1.54, 1.807) is 91.0 Å². The molecule has 0 unspecified atom stereocenters. The lowest BCUT2D eigenvalue weighted by atomic mass is 10.1. The molecular formula is C31H25Cl2N3O3S. The van der Waals surface area contributed by atoms with Gasteiger partial charge in [0.25, 0.3) is 11.8 Å². The smallest absolute Gasteiger partial charge is 0.272 e. The Morgan fingerprint density at radius 2 is 1.50 bits per heavy atom. The van der Waals surface area contributed by atoms with Gasteiger partial charge in [0.1, 0.15) is 5.70 Å². The minimum Gasteiger partial charge on any atom is -0.325 e. The van der Waals surface area contributed by atoms with E-state index in [0.29, 0.717) is 32.5 Å². The number of carbonyl (C=O) groups excluding carboxylic acids is 3. The van der Waals surface area contributed by atoms with Gasteiger partial charge in [0, 0.05) is 31.9 Å². The van der Waals surface area contributed by atoms with Crippen molar-refractivity contribution in [2.75, 3.05) is 16.4 Å². The van der Waals surface area contributed by atoms with Crippen molar-refractivity contribution in [3.05, 3.63) is 129 Å². The molecule has 0 atom stereocenters. The van der Waals surface area contributed by atoms with Crippen LogP contribution in [-0.2, 0) is 9.59 Å². The van der Waals surface area contributed by atoms with E-state index in [2.05, 4.69) is 16.0 Å². The number of hydrogen-bond donors (Lipinski definition) is 3. The van der Waals surface area contributed by atoms with Gasteiger partial charge in [-0.2, -0.15) is 0 Å². The van der Waals surface area contributed by atoms with Gasteiger partial charge in [0.2, 0.25) is 5.91 Å². The average Bonchev–Trinajstić information content (AvgIpc) is 2.96. The topological polar surface area (TPSA) is 87.3 Å². The summed E-state index contributed by atoms with van der Waals surface area (Å²) in [6.45, 7) is 1.84. The van der Waals surface area contributed by atoms with E-state index in [1.807, 2.05) is 13.0 Å². The Kier molecular flexibility index (Phi) is 10.0. The molecule has 0 radical (unpaired) electrons. The highest BCUT2D eigenvalue weighted by Gasteiger charge is 2.16. The van der Waals surface area contributed by atoms with Crippen molar-refractivity contribution in [3.63, 3.8) is 0 Å². The van der Waals surface area contributed by atoms with E-state index in [0.717, 1.165) is 10.5 Å². The molecule has 0 bridgehead atoms. The molecule has 4 rings (SSSR count). The second-order valence-electron chi connectivity index (χ2n) is 8.63. The van der Waals surface area contributed by atoms with Gasteiger partial charge in [-0.05, 0) is 72.7 Å². The first-order valence-corrected chi connectivity index (χ1v) is 14.0. The van der Waals surface area contributed by atoms with Crippen molar-refractivity contribution in [2.45, 2.75) is 11.8 Å². The fraction of sp³-hybridized carbons (Fsp3) is 0.0645. The van der Waals surface area contributed by atoms with Crippen LogP contribution in [0.2, 0.25) is 10.0 Å². The van der Waals surface area contributed by atoms with Crippen LogP contribution in [0.5, 0.6) is 0 Å². The molecule has 0 aliphatic rings. The Labute approximate surface area is 246 Å². The molecule has 0 spiro atoms. The number of rotatable bonds is 9. The third kappa shape index (κ3) is 7.99. The summed E-state index contributed by atoms with van der Waals surface area (Å²) >= 11 is 13.8. The second kappa shape index (κ2) is 13.8. The third-order valence-electron chi connectivity index (χ3n) is 5.74.